The van der Waals surface area contributed by atoms with Crippen molar-refractivity contribution in [3.05, 3.63) is 35.2 Å². The molecule has 2 rings (SSSR count). The summed E-state index contributed by atoms with van der Waals surface area (Å²) < 4.78 is 30.7. The first-order valence-electron chi connectivity index (χ1n) is 5.82. The van der Waals surface area contributed by atoms with Crippen LogP contribution in [0, 0.1) is 0 Å². The van der Waals surface area contributed by atoms with Gasteiger partial charge in [0.1, 0.15) is 4.90 Å². The SMILES string of the molecule is CCc1noc(CN(C)S(=O)(=O)c2cncc(Cl)c2)n1. The number of aromatic nitrogens is 3. The number of pyridine rings is 1. The maximum absolute atomic E-state index is 12.3. The lowest BCUT2D eigenvalue weighted by atomic mass is 10.5. The van der Waals surface area contributed by atoms with Crippen LogP contribution in [0.3, 0.4) is 0 Å². The van der Waals surface area contributed by atoms with Crippen molar-refractivity contribution in [2.45, 2.75) is 24.8 Å². The molecule has 0 saturated carbocycles. The summed E-state index contributed by atoms with van der Waals surface area (Å²) in [6, 6.07) is 1.34. The summed E-state index contributed by atoms with van der Waals surface area (Å²) in [5.41, 5.74) is 0. The highest BCUT2D eigenvalue weighted by molar-refractivity contribution is 7.89. The first-order valence-corrected chi connectivity index (χ1v) is 7.63. The molecule has 0 bridgehead atoms. The van der Waals surface area contributed by atoms with E-state index in [0.29, 0.717) is 12.2 Å². The number of aryl methyl sites for hydroxylation is 1. The van der Waals surface area contributed by atoms with E-state index in [2.05, 4.69) is 15.1 Å². The fourth-order valence-electron chi connectivity index (χ4n) is 1.49. The van der Waals surface area contributed by atoms with Crippen molar-refractivity contribution in [1.29, 1.82) is 0 Å². The number of hydrogen-bond donors (Lipinski definition) is 0. The Morgan fingerprint density at radius 3 is 2.75 bits per heavy atom. The van der Waals surface area contributed by atoms with Crippen LogP contribution in [0.4, 0.5) is 0 Å². The van der Waals surface area contributed by atoms with Crippen LogP contribution in [-0.4, -0.2) is 34.9 Å². The van der Waals surface area contributed by atoms with Crippen LogP contribution in [0.15, 0.2) is 27.9 Å². The Bertz CT molecular complexity index is 701. The third kappa shape index (κ3) is 3.14. The standard InChI is InChI=1S/C11H13ClN4O3S/c1-3-10-14-11(19-15-10)7-16(2)20(17,18)9-4-8(12)5-13-6-9/h4-6H,3,7H2,1-2H3. The fourth-order valence-corrected chi connectivity index (χ4v) is 2.84. The topological polar surface area (TPSA) is 89.2 Å². The molecule has 0 unspecified atom stereocenters. The van der Waals surface area contributed by atoms with Gasteiger partial charge >= 0.3 is 0 Å². The second kappa shape index (κ2) is 5.86. The number of rotatable bonds is 5. The Morgan fingerprint density at radius 1 is 1.40 bits per heavy atom. The molecule has 9 heteroatoms. The van der Waals surface area contributed by atoms with E-state index in [1.807, 2.05) is 6.92 Å². The molecule has 2 aromatic rings. The highest BCUT2D eigenvalue weighted by atomic mass is 35.5. The van der Waals surface area contributed by atoms with E-state index in [4.69, 9.17) is 16.1 Å². The Kier molecular flexibility index (Phi) is 4.36. The van der Waals surface area contributed by atoms with E-state index >= 15 is 0 Å². The Balaban J connectivity index is 2.21. The van der Waals surface area contributed by atoms with Gasteiger partial charge in [0.25, 0.3) is 0 Å². The van der Waals surface area contributed by atoms with Crippen LogP contribution in [0.25, 0.3) is 0 Å². The molecular formula is C11H13ClN4O3S. The summed E-state index contributed by atoms with van der Waals surface area (Å²) in [7, 11) is -2.28. The second-order valence-electron chi connectivity index (χ2n) is 4.06. The van der Waals surface area contributed by atoms with Gasteiger partial charge in [-0.05, 0) is 6.07 Å². The van der Waals surface area contributed by atoms with Crippen molar-refractivity contribution >= 4 is 21.6 Å². The average molecular weight is 317 g/mol. The van der Waals surface area contributed by atoms with Gasteiger partial charge in [-0.15, -0.1) is 0 Å². The minimum atomic E-state index is -3.70. The molecule has 0 aliphatic heterocycles. The van der Waals surface area contributed by atoms with Gasteiger partial charge in [0.05, 0.1) is 11.6 Å². The zero-order valence-corrected chi connectivity index (χ0v) is 12.5. The maximum Gasteiger partial charge on any atom is 0.244 e. The van der Waals surface area contributed by atoms with Crippen LogP contribution < -0.4 is 0 Å². The zero-order valence-electron chi connectivity index (χ0n) is 10.9. The maximum atomic E-state index is 12.3. The summed E-state index contributed by atoms with van der Waals surface area (Å²) in [5.74, 6) is 0.776. The number of nitrogens with zero attached hydrogens (tertiary/aromatic N) is 4. The van der Waals surface area contributed by atoms with Gasteiger partial charge in [0.15, 0.2) is 5.82 Å². The quantitative estimate of drug-likeness (QED) is 0.830. The molecule has 0 fully saturated rings. The third-order valence-electron chi connectivity index (χ3n) is 2.57. The summed E-state index contributed by atoms with van der Waals surface area (Å²) in [6.45, 7) is 1.87. The summed E-state index contributed by atoms with van der Waals surface area (Å²) in [6.07, 6.45) is 3.23. The zero-order chi connectivity index (χ0) is 14.8. The van der Waals surface area contributed by atoms with Crippen LogP contribution in [0.1, 0.15) is 18.6 Å². The molecule has 0 amide bonds. The van der Waals surface area contributed by atoms with Crippen LogP contribution in [0.5, 0.6) is 0 Å². The van der Waals surface area contributed by atoms with Gasteiger partial charge in [-0.25, -0.2) is 8.42 Å². The number of sulfonamides is 1. The normalized spacial score (nSPS) is 12.0. The molecule has 2 heterocycles. The molecule has 108 valence electrons. The van der Waals surface area contributed by atoms with E-state index in [0.717, 1.165) is 4.31 Å². The first kappa shape index (κ1) is 14.9. The number of hydrogen-bond acceptors (Lipinski definition) is 6. The lowest BCUT2D eigenvalue weighted by Crippen LogP contribution is -2.26. The molecule has 0 aliphatic rings. The van der Waals surface area contributed by atoms with Crippen molar-refractivity contribution in [1.82, 2.24) is 19.4 Å². The van der Waals surface area contributed by atoms with E-state index < -0.39 is 10.0 Å². The van der Waals surface area contributed by atoms with Crippen LogP contribution in [-0.2, 0) is 23.0 Å². The van der Waals surface area contributed by atoms with Gasteiger partial charge in [-0.3, -0.25) is 4.98 Å². The van der Waals surface area contributed by atoms with Crippen molar-refractivity contribution in [2.75, 3.05) is 7.05 Å². The van der Waals surface area contributed by atoms with E-state index in [1.165, 1.54) is 25.5 Å². The predicted molar refractivity (Wildman–Crippen MR) is 71.6 cm³/mol. The molecule has 0 aromatic carbocycles. The van der Waals surface area contributed by atoms with Crippen LogP contribution >= 0.6 is 11.6 Å². The third-order valence-corrected chi connectivity index (χ3v) is 4.55. The molecule has 7 nitrogen and oxygen atoms in total. The summed E-state index contributed by atoms with van der Waals surface area (Å²) >= 11 is 5.75. The molecular weight excluding hydrogens is 304 g/mol. The Hall–Kier alpha value is -1.51. The van der Waals surface area contributed by atoms with Crippen molar-refractivity contribution in [3.8, 4) is 0 Å². The molecule has 20 heavy (non-hydrogen) atoms. The highest BCUT2D eigenvalue weighted by Crippen LogP contribution is 2.18. The van der Waals surface area contributed by atoms with E-state index in [-0.39, 0.29) is 22.4 Å². The summed E-state index contributed by atoms with van der Waals surface area (Å²) in [4.78, 5) is 7.85. The lowest BCUT2D eigenvalue weighted by molar-refractivity contribution is 0.334. The van der Waals surface area contributed by atoms with E-state index in [1.54, 1.807) is 0 Å². The molecule has 0 saturated heterocycles. The predicted octanol–water partition coefficient (Wildman–Crippen LogP) is 1.50. The van der Waals surface area contributed by atoms with Crippen molar-refractivity contribution in [3.63, 3.8) is 0 Å². The molecule has 0 atom stereocenters. The minimum absolute atomic E-state index is 0.0121. The Morgan fingerprint density at radius 2 is 2.15 bits per heavy atom. The number of halogens is 1. The molecule has 0 radical (unpaired) electrons. The summed E-state index contributed by atoms with van der Waals surface area (Å²) in [5, 5.41) is 3.97. The lowest BCUT2D eigenvalue weighted by Gasteiger charge is -2.14. The molecule has 0 N–H and O–H groups in total. The molecule has 0 spiro atoms. The smallest absolute Gasteiger partial charge is 0.244 e. The van der Waals surface area contributed by atoms with Crippen LogP contribution in [0.2, 0.25) is 5.02 Å². The van der Waals surface area contributed by atoms with Crippen molar-refractivity contribution in [2.24, 2.45) is 0 Å². The Labute approximate surface area is 121 Å². The highest BCUT2D eigenvalue weighted by Gasteiger charge is 2.23. The van der Waals surface area contributed by atoms with Gasteiger partial charge in [-0.1, -0.05) is 23.7 Å². The van der Waals surface area contributed by atoms with Gasteiger partial charge in [-0.2, -0.15) is 9.29 Å². The van der Waals surface area contributed by atoms with Gasteiger partial charge < -0.3 is 4.52 Å². The van der Waals surface area contributed by atoms with Gasteiger partial charge in [0, 0.05) is 25.9 Å². The molecule has 0 aliphatic carbocycles. The molecule has 2 aromatic heterocycles. The fraction of sp³-hybridized carbons (Fsp3) is 0.364. The monoisotopic (exact) mass is 316 g/mol. The minimum Gasteiger partial charge on any atom is -0.338 e. The second-order valence-corrected chi connectivity index (χ2v) is 6.54. The van der Waals surface area contributed by atoms with Crippen molar-refractivity contribution < 1.29 is 12.9 Å². The average Bonchev–Trinajstić information content (AvgIpc) is 2.86. The first-order chi connectivity index (χ1) is 9.43. The largest absolute Gasteiger partial charge is 0.338 e. The van der Waals surface area contributed by atoms with Gasteiger partial charge in [0.2, 0.25) is 15.9 Å². The van der Waals surface area contributed by atoms with E-state index in [9.17, 15) is 8.42 Å².